The monoisotopic (exact) mass is 333 g/mol. The molecule has 24 heavy (non-hydrogen) atoms. The van der Waals surface area contributed by atoms with Gasteiger partial charge in [-0.05, 0) is 18.6 Å². The molecule has 3 rings (SSSR count). The minimum Gasteiger partial charge on any atom is -0.388 e. The first-order valence-corrected chi connectivity index (χ1v) is 8.67. The van der Waals surface area contributed by atoms with Gasteiger partial charge in [-0.1, -0.05) is 18.2 Å². The molecule has 0 bridgehead atoms. The first kappa shape index (κ1) is 17.0. The molecule has 1 aromatic carbocycles. The van der Waals surface area contributed by atoms with E-state index in [1.165, 1.54) is 5.69 Å². The summed E-state index contributed by atoms with van der Waals surface area (Å²) in [4.78, 5) is 16.3. The van der Waals surface area contributed by atoms with Gasteiger partial charge in [-0.25, -0.2) is 4.79 Å². The maximum Gasteiger partial charge on any atom is 0.317 e. The van der Waals surface area contributed by atoms with E-state index in [1.807, 2.05) is 18.2 Å². The maximum absolute atomic E-state index is 12.4. The van der Waals surface area contributed by atoms with Crippen molar-refractivity contribution in [3.05, 3.63) is 30.3 Å². The summed E-state index contributed by atoms with van der Waals surface area (Å²) in [6.07, 6.45) is 2.10. The summed E-state index contributed by atoms with van der Waals surface area (Å²) in [5.41, 5.74) is 0.370. The van der Waals surface area contributed by atoms with E-state index in [9.17, 15) is 9.90 Å². The molecule has 2 N–H and O–H groups in total. The van der Waals surface area contributed by atoms with Crippen molar-refractivity contribution in [3.8, 4) is 0 Å². The highest BCUT2D eigenvalue weighted by atomic mass is 16.5. The molecule has 132 valence electrons. The van der Waals surface area contributed by atoms with Gasteiger partial charge in [-0.15, -0.1) is 0 Å². The topological polar surface area (TPSA) is 65.0 Å². The Bertz CT molecular complexity index is 546. The van der Waals surface area contributed by atoms with Crippen LogP contribution in [0.15, 0.2) is 30.3 Å². The quantitative estimate of drug-likeness (QED) is 0.875. The number of carbonyl (C=O) groups excluding carboxylic acids is 1. The Morgan fingerprint density at radius 2 is 2.08 bits per heavy atom. The number of carbonyl (C=O) groups is 1. The summed E-state index contributed by atoms with van der Waals surface area (Å²) in [5, 5.41) is 13.6. The minimum atomic E-state index is -0.823. The van der Waals surface area contributed by atoms with Crippen LogP contribution in [0.25, 0.3) is 0 Å². The molecule has 2 aliphatic heterocycles. The number of urea groups is 1. The normalized spacial score (nSPS) is 23.1. The van der Waals surface area contributed by atoms with Crippen LogP contribution in [0.2, 0.25) is 0 Å². The molecule has 6 heteroatoms. The number of nitrogens with zero attached hydrogens (tertiary/aromatic N) is 2. The fraction of sp³-hybridized carbons (Fsp3) is 0.611. The van der Waals surface area contributed by atoms with Crippen LogP contribution in [0.1, 0.15) is 19.3 Å². The molecule has 1 aromatic rings. The highest BCUT2D eigenvalue weighted by molar-refractivity contribution is 5.74. The number of rotatable bonds is 4. The molecule has 2 amide bonds. The van der Waals surface area contributed by atoms with Crippen LogP contribution in [-0.4, -0.2) is 67.6 Å². The van der Waals surface area contributed by atoms with Crippen LogP contribution in [0.5, 0.6) is 0 Å². The van der Waals surface area contributed by atoms with Gasteiger partial charge >= 0.3 is 6.03 Å². The van der Waals surface area contributed by atoms with Crippen LogP contribution >= 0.6 is 0 Å². The second-order valence-corrected chi connectivity index (χ2v) is 6.91. The molecule has 0 radical (unpaired) electrons. The van der Waals surface area contributed by atoms with Gasteiger partial charge in [0.05, 0.1) is 12.1 Å². The van der Waals surface area contributed by atoms with Gasteiger partial charge in [0.15, 0.2) is 0 Å². The van der Waals surface area contributed by atoms with Crippen molar-refractivity contribution in [1.82, 2.24) is 10.2 Å². The van der Waals surface area contributed by atoms with Crippen LogP contribution in [-0.2, 0) is 4.74 Å². The number of benzene rings is 1. The number of amides is 2. The molecule has 0 unspecified atom stereocenters. The molecule has 0 aromatic heterocycles. The van der Waals surface area contributed by atoms with E-state index in [0.717, 1.165) is 19.5 Å². The van der Waals surface area contributed by atoms with Crippen molar-refractivity contribution in [1.29, 1.82) is 0 Å². The van der Waals surface area contributed by atoms with Crippen molar-refractivity contribution in [2.45, 2.75) is 30.9 Å². The smallest absolute Gasteiger partial charge is 0.317 e. The van der Waals surface area contributed by atoms with Gasteiger partial charge in [0.2, 0.25) is 0 Å². The summed E-state index contributed by atoms with van der Waals surface area (Å²) >= 11 is 0. The van der Waals surface area contributed by atoms with Crippen LogP contribution in [0.4, 0.5) is 10.5 Å². The lowest BCUT2D eigenvalue weighted by atomic mass is 9.94. The Labute approximate surface area is 143 Å². The lowest BCUT2D eigenvalue weighted by molar-refractivity contribution is -0.0723. The first-order chi connectivity index (χ1) is 11.6. The molecule has 0 aliphatic carbocycles. The van der Waals surface area contributed by atoms with Crippen LogP contribution < -0.4 is 10.2 Å². The Hall–Kier alpha value is -1.79. The van der Waals surface area contributed by atoms with Gasteiger partial charge in [0, 0.05) is 57.9 Å². The highest BCUT2D eigenvalue weighted by Crippen LogP contribution is 2.22. The molecule has 2 saturated heterocycles. The zero-order chi connectivity index (χ0) is 17.0. The molecule has 2 heterocycles. The van der Waals surface area contributed by atoms with Gasteiger partial charge in [0.25, 0.3) is 0 Å². The standard InChI is InChI=1S/C18H27N3O3/c1-20(14-18(23)8-11-24-12-9-18)17(22)19-15-7-10-21(13-15)16-5-3-2-4-6-16/h2-6,15,23H,7-14H2,1H3,(H,19,22)/t15-/m1/s1. The molecule has 2 aliphatic rings. The van der Waals surface area contributed by atoms with Gasteiger partial charge in [-0.2, -0.15) is 0 Å². The van der Waals surface area contributed by atoms with E-state index < -0.39 is 5.60 Å². The third-order valence-corrected chi connectivity index (χ3v) is 4.94. The van der Waals surface area contributed by atoms with Crippen molar-refractivity contribution in [2.75, 3.05) is 44.8 Å². The summed E-state index contributed by atoms with van der Waals surface area (Å²) in [5.74, 6) is 0. The van der Waals surface area contributed by atoms with E-state index >= 15 is 0 Å². The fourth-order valence-corrected chi connectivity index (χ4v) is 3.46. The van der Waals surface area contributed by atoms with Gasteiger partial charge in [-0.3, -0.25) is 0 Å². The van der Waals surface area contributed by atoms with Gasteiger partial charge in [0.1, 0.15) is 0 Å². The minimum absolute atomic E-state index is 0.116. The number of likely N-dealkylation sites (N-methyl/N-ethyl adjacent to an activating group) is 1. The van der Waals surface area contributed by atoms with E-state index in [4.69, 9.17) is 4.74 Å². The average molecular weight is 333 g/mol. The fourth-order valence-electron chi connectivity index (χ4n) is 3.46. The Morgan fingerprint density at radius 1 is 1.38 bits per heavy atom. The van der Waals surface area contributed by atoms with E-state index in [1.54, 1.807) is 11.9 Å². The molecule has 6 nitrogen and oxygen atoms in total. The summed E-state index contributed by atoms with van der Waals surface area (Å²) in [6.45, 7) is 3.22. The Balaban J connectivity index is 1.48. The third-order valence-electron chi connectivity index (χ3n) is 4.94. The predicted octanol–water partition coefficient (Wildman–Crippen LogP) is 1.45. The SMILES string of the molecule is CN(CC1(O)CCOCC1)C(=O)N[C@@H]1CCN(c2ccccc2)C1. The maximum atomic E-state index is 12.4. The molecular formula is C18H27N3O3. The highest BCUT2D eigenvalue weighted by Gasteiger charge is 2.33. The lowest BCUT2D eigenvalue weighted by Crippen LogP contribution is -2.51. The van der Waals surface area contributed by atoms with Crippen molar-refractivity contribution < 1.29 is 14.6 Å². The summed E-state index contributed by atoms with van der Waals surface area (Å²) < 4.78 is 5.28. The zero-order valence-electron chi connectivity index (χ0n) is 14.3. The second-order valence-electron chi connectivity index (χ2n) is 6.91. The van der Waals surface area contributed by atoms with Crippen molar-refractivity contribution in [3.63, 3.8) is 0 Å². The number of hydrogen-bond donors (Lipinski definition) is 2. The lowest BCUT2D eigenvalue weighted by Gasteiger charge is -2.35. The largest absolute Gasteiger partial charge is 0.388 e. The zero-order valence-corrected chi connectivity index (χ0v) is 14.3. The molecule has 0 saturated carbocycles. The van der Waals surface area contributed by atoms with Crippen LogP contribution in [0, 0.1) is 0 Å². The average Bonchev–Trinajstić information content (AvgIpc) is 3.04. The second kappa shape index (κ2) is 7.40. The Morgan fingerprint density at radius 3 is 2.79 bits per heavy atom. The van der Waals surface area contributed by atoms with E-state index in [0.29, 0.717) is 32.6 Å². The first-order valence-electron chi connectivity index (χ1n) is 8.67. The third kappa shape index (κ3) is 4.19. The number of para-hydroxylation sites is 1. The number of ether oxygens (including phenoxy) is 1. The van der Waals surface area contributed by atoms with Crippen LogP contribution in [0.3, 0.4) is 0 Å². The number of aliphatic hydroxyl groups is 1. The predicted molar refractivity (Wildman–Crippen MR) is 93.2 cm³/mol. The Kier molecular flexibility index (Phi) is 5.26. The summed E-state index contributed by atoms with van der Waals surface area (Å²) in [7, 11) is 1.74. The van der Waals surface area contributed by atoms with E-state index in [2.05, 4.69) is 22.3 Å². The van der Waals surface area contributed by atoms with E-state index in [-0.39, 0.29) is 12.1 Å². The number of hydrogen-bond acceptors (Lipinski definition) is 4. The number of anilines is 1. The van der Waals surface area contributed by atoms with Crippen molar-refractivity contribution in [2.24, 2.45) is 0 Å². The molecular weight excluding hydrogens is 306 g/mol. The van der Waals surface area contributed by atoms with Gasteiger partial charge < -0.3 is 25.0 Å². The number of nitrogens with one attached hydrogen (secondary N) is 1. The van der Waals surface area contributed by atoms with Crippen molar-refractivity contribution >= 4 is 11.7 Å². The molecule has 0 spiro atoms. The molecule has 1 atom stereocenters. The molecule has 2 fully saturated rings. The summed E-state index contributed by atoms with van der Waals surface area (Å²) in [6, 6.07) is 10.3.